The number of fused-ring (bicyclic) bond motifs is 1. The lowest BCUT2D eigenvalue weighted by atomic mass is 9.93. The molecule has 8 heteroatoms. The van der Waals surface area contributed by atoms with Gasteiger partial charge in [-0.05, 0) is 57.7 Å². The van der Waals surface area contributed by atoms with E-state index < -0.39 is 46.9 Å². The van der Waals surface area contributed by atoms with Crippen LogP contribution >= 0.6 is 0 Å². The Morgan fingerprint density at radius 3 is 2.43 bits per heavy atom. The van der Waals surface area contributed by atoms with Crippen LogP contribution in [0.3, 0.4) is 0 Å². The third-order valence-electron chi connectivity index (χ3n) is 5.28. The van der Waals surface area contributed by atoms with Gasteiger partial charge in [-0.1, -0.05) is 0 Å². The van der Waals surface area contributed by atoms with Crippen LogP contribution in [0.5, 0.6) is 0 Å². The fourth-order valence-corrected chi connectivity index (χ4v) is 4.12. The van der Waals surface area contributed by atoms with Crippen molar-refractivity contribution in [3.63, 3.8) is 0 Å². The molecular weight excluding hydrogens is 372 g/mol. The molecular formula is C20H25F2NO5. The molecule has 3 rings (SSSR count). The van der Waals surface area contributed by atoms with E-state index in [9.17, 15) is 23.5 Å². The number of likely N-dealkylation sites (tertiary alicyclic amines) is 1. The normalized spacial score (nSPS) is 27.2. The number of nitrogens with zero attached hydrogens (tertiary/aromatic N) is 1. The SMILES string of the molecule is CCOC(=O)C(O)C1[C@@H]2C[C@]2(c2cc(F)cc(F)c2)CN1C(=O)OC(C)(C)C. The van der Waals surface area contributed by atoms with E-state index in [1.54, 1.807) is 27.7 Å². The first-order valence-electron chi connectivity index (χ1n) is 9.29. The van der Waals surface area contributed by atoms with E-state index in [2.05, 4.69) is 0 Å². The molecule has 6 nitrogen and oxygen atoms in total. The van der Waals surface area contributed by atoms with Gasteiger partial charge in [0.15, 0.2) is 6.10 Å². The molecule has 28 heavy (non-hydrogen) atoms. The van der Waals surface area contributed by atoms with Gasteiger partial charge >= 0.3 is 12.1 Å². The molecule has 1 heterocycles. The molecule has 2 fully saturated rings. The average Bonchev–Trinajstić information content (AvgIpc) is 3.18. The van der Waals surface area contributed by atoms with Gasteiger partial charge in [-0.3, -0.25) is 0 Å². The topological polar surface area (TPSA) is 76.1 Å². The van der Waals surface area contributed by atoms with Crippen LogP contribution in [0.15, 0.2) is 18.2 Å². The van der Waals surface area contributed by atoms with E-state index in [1.165, 1.54) is 17.0 Å². The highest BCUT2D eigenvalue weighted by atomic mass is 19.1. The van der Waals surface area contributed by atoms with Crippen LogP contribution in [-0.4, -0.2) is 53.0 Å². The molecule has 0 spiro atoms. The third kappa shape index (κ3) is 3.70. The number of hydrogen-bond donors (Lipinski definition) is 1. The van der Waals surface area contributed by atoms with Gasteiger partial charge in [0, 0.05) is 18.0 Å². The molecule has 1 aliphatic carbocycles. The van der Waals surface area contributed by atoms with Crippen LogP contribution in [0.4, 0.5) is 13.6 Å². The number of piperidine rings is 1. The number of carbonyl (C=O) groups is 2. The van der Waals surface area contributed by atoms with Gasteiger partial charge in [-0.15, -0.1) is 0 Å². The summed E-state index contributed by atoms with van der Waals surface area (Å²) >= 11 is 0. The third-order valence-corrected chi connectivity index (χ3v) is 5.28. The average molecular weight is 397 g/mol. The molecule has 1 amide bonds. The maximum Gasteiger partial charge on any atom is 0.410 e. The summed E-state index contributed by atoms with van der Waals surface area (Å²) in [5.41, 5.74) is -1.10. The zero-order chi connectivity index (χ0) is 20.9. The van der Waals surface area contributed by atoms with Crippen molar-refractivity contribution in [1.82, 2.24) is 4.90 Å². The Morgan fingerprint density at radius 2 is 1.89 bits per heavy atom. The Balaban J connectivity index is 1.94. The molecule has 154 valence electrons. The minimum Gasteiger partial charge on any atom is -0.464 e. The summed E-state index contributed by atoms with van der Waals surface area (Å²) in [6.45, 7) is 6.90. The molecule has 1 aliphatic heterocycles. The van der Waals surface area contributed by atoms with Crippen molar-refractivity contribution in [3.8, 4) is 0 Å². The van der Waals surface area contributed by atoms with Crippen LogP contribution in [0, 0.1) is 17.6 Å². The van der Waals surface area contributed by atoms with Crippen LogP contribution in [-0.2, 0) is 19.7 Å². The quantitative estimate of drug-likeness (QED) is 0.791. The molecule has 2 aliphatic rings. The molecule has 1 aromatic carbocycles. The van der Waals surface area contributed by atoms with Crippen molar-refractivity contribution in [1.29, 1.82) is 0 Å². The summed E-state index contributed by atoms with van der Waals surface area (Å²) in [6, 6.07) is 2.36. The van der Waals surface area contributed by atoms with Crippen LogP contribution in [0.1, 0.15) is 39.7 Å². The first kappa shape index (κ1) is 20.5. The molecule has 0 aromatic heterocycles. The molecule has 1 saturated carbocycles. The molecule has 2 unspecified atom stereocenters. The van der Waals surface area contributed by atoms with Gasteiger partial charge < -0.3 is 19.5 Å². The second-order valence-corrected chi connectivity index (χ2v) is 8.42. The summed E-state index contributed by atoms with van der Waals surface area (Å²) in [5, 5.41) is 10.6. The second-order valence-electron chi connectivity index (χ2n) is 8.42. The van der Waals surface area contributed by atoms with Crippen LogP contribution in [0.25, 0.3) is 0 Å². The van der Waals surface area contributed by atoms with Crippen molar-refractivity contribution in [2.24, 2.45) is 5.92 Å². The summed E-state index contributed by atoms with van der Waals surface area (Å²) in [7, 11) is 0. The highest BCUT2D eigenvalue weighted by Crippen LogP contribution is 2.63. The number of carbonyl (C=O) groups excluding carboxylic acids is 2. The van der Waals surface area contributed by atoms with E-state index in [1.807, 2.05) is 0 Å². The number of esters is 1. The smallest absolute Gasteiger partial charge is 0.410 e. The number of aliphatic hydroxyl groups is 1. The van der Waals surface area contributed by atoms with E-state index in [4.69, 9.17) is 9.47 Å². The standard InChI is InChI=1S/C20H25F2NO5/c1-5-27-17(25)16(24)15-14-9-20(14,11-6-12(21)8-13(22)7-11)10-23(15)18(26)28-19(2,3)4/h6-8,14-16,24H,5,9-10H2,1-4H3/t14-,15?,16?,20+/m0/s1. The minimum atomic E-state index is -1.57. The van der Waals surface area contributed by atoms with Crippen LogP contribution in [0.2, 0.25) is 0 Å². The fourth-order valence-electron chi connectivity index (χ4n) is 4.12. The molecule has 4 atom stereocenters. The predicted molar refractivity (Wildman–Crippen MR) is 95.5 cm³/mol. The summed E-state index contributed by atoms with van der Waals surface area (Å²) < 4.78 is 37.8. The van der Waals surface area contributed by atoms with Crippen LogP contribution < -0.4 is 0 Å². The zero-order valence-corrected chi connectivity index (χ0v) is 16.4. The number of aliphatic hydroxyl groups excluding tert-OH is 1. The van der Waals surface area contributed by atoms with E-state index >= 15 is 0 Å². The highest BCUT2D eigenvalue weighted by Gasteiger charge is 2.69. The number of ether oxygens (including phenoxy) is 2. The van der Waals surface area contributed by atoms with E-state index in [-0.39, 0.29) is 19.1 Å². The Bertz CT molecular complexity index is 773. The number of hydrogen-bond acceptors (Lipinski definition) is 5. The molecule has 0 bridgehead atoms. The highest BCUT2D eigenvalue weighted by molar-refractivity contribution is 5.78. The lowest BCUT2D eigenvalue weighted by molar-refractivity contribution is -0.156. The largest absolute Gasteiger partial charge is 0.464 e. The Kier molecular flexibility index (Phi) is 5.12. The van der Waals surface area contributed by atoms with E-state index in [0.717, 1.165) is 6.07 Å². The number of amides is 1. The minimum absolute atomic E-state index is 0.0833. The van der Waals surface area contributed by atoms with Crippen molar-refractivity contribution >= 4 is 12.1 Å². The summed E-state index contributed by atoms with van der Waals surface area (Å²) in [6.07, 6.45) is -1.76. The molecule has 1 saturated heterocycles. The molecule has 1 N–H and O–H groups in total. The number of rotatable bonds is 4. The Hall–Kier alpha value is -2.22. The van der Waals surface area contributed by atoms with Crippen molar-refractivity contribution in [2.45, 2.75) is 57.3 Å². The van der Waals surface area contributed by atoms with Gasteiger partial charge in [-0.2, -0.15) is 0 Å². The number of benzene rings is 1. The molecule has 0 radical (unpaired) electrons. The Labute approximate surface area is 162 Å². The monoisotopic (exact) mass is 397 g/mol. The van der Waals surface area contributed by atoms with Crippen molar-refractivity contribution < 1.29 is 33.0 Å². The van der Waals surface area contributed by atoms with Gasteiger partial charge in [-0.25, -0.2) is 18.4 Å². The first-order valence-corrected chi connectivity index (χ1v) is 9.29. The summed E-state index contributed by atoms with van der Waals surface area (Å²) in [5.74, 6) is -2.60. The maximum absolute atomic E-state index is 13.8. The maximum atomic E-state index is 13.8. The zero-order valence-electron chi connectivity index (χ0n) is 16.4. The van der Waals surface area contributed by atoms with Crippen molar-refractivity contribution in [3.05, 3.63) is 35.4 Å². The van der Waals surface area contributed by atoms with Gasteiger partial charge in [0.05, 0.1) is 12.6 Å². The first-order chi connectivity index (χ1) is 13.0. The number of halogens is 2. The molecule has 1 aromatic rings. The van der Waals surface area contributed by atoms with Crippen molar-refractivity contribution in [2.75, 3.05) is 13.2 Å². The summed E-state index contributed by atoms with van der Waals surface area (Å²) in [4.78, 5) is 26.1. The van der Waals surface area contributed by atoms with Gasteiger partial charge in [0.25, 0.3) is 0 Å². The van der Waals surface area contributed by atoms with Gasteiger partial charge in [0.1, 0.15) is 17.2 Å². The lowest BCUT2D eigenvalue weighted by Crippen LogP contribution is -2.50. The van der Waals surface area contributed by atoms with E-state index in [0.29, 0.717) is 12.0 Å². The Morgan fingerprint density at radius 1 is 1.29 bits per heavy atom. The van der Waals surface area contributed by atoms with Gasteiger partial charge in [0.2, 0.25) is 0 Å². The fraction of sp³-hybridized carbons (Fsp3) is 0.600. The second kappa shape index (κ2) is 6.99. The predicted octanol–water partition coefficient (Wildman–Crippen LogP) is 2.77. The lowest BCUT2D eigenvalue weighted by Gasteiger charge is -2.32.